The molecule has 136 valence electrons. The highest BCUT2D eigenvalue weighted by Gasteiger charge is 2.20. The number of carbonyl (C=O) groups excluding carboxylic acids is 1. The molecule has 0 aliphatic carbocycles. The first-order valence-corrected chi connectivity index (χ1v) is 8.91. The summed E-state index contributed by atoms with van der Waals surface area (Å²) in [6.45, 7) is 3.99. The molecule has 0 saturated carbocycles. The molecule has 2 aromatic rings. The maximum atomic E-state index is 12.1. The second-order valence-electron chi connectivity index (χ2n) is 6.64. The molecule has 1 aliphatic rings. The summed E-state index contributed by atoms with van der Waals surface area (Å²) < 4.78 is 16.6. The number of benzene rings is 2. The van der Waals surface area contributed by atoms with Gasteiger partial charge in [0.05, 0.1) is 0 Å². The summed E-state index contributed by atoms with van der Waals surface area (Å²) in [5, 5.41) is 0. The summed E-state index contributed by atoms with van der Waals surface area (Å²) in [5.74, 6) is 1.12. The second-order valence-corrected chi connectivity index (χ2v) is 6.64. The van der Waals surface area contributed by atoms with Crippen LogP contribution in [-0.4, -0.2) is 12.8 Å². The SMILES string of the molecule is CC(C)=CC(=O)O[C@H](CCCc1ccccc1)c1ccc2c(c1)OCO2. The zero-order chi connectivity index (χ0) is 18.4. The van der Waals surface area contributed by atoms with Gasteiger partial charge in [-0.25, -0.2) is 4.79 Å². The molecule has 0 unspecified atom stereocenters. The Hall–Kier alpha value is -2.75. The van der Waals surface area contributed by atoms with Crippen LogP contribution in [0.15, 0.2) is 60.2 Å². The number of ether oxygens (including phenoxy) is 3. The Balaban J connectivity index is 1.70. The molecule has 1 atom stereocenters. The van der Waals surface area contributed by atoms with Gasteiger partial charge < -0.3 is 14.2 Å². The summed E-state index contributed by atoms with van der Waals surface area (Å²) in [5.41, 5.74) is 3.13. The van der Waals surface area contributed by atoms with Crippen LogP contribution in [0.3, 0.4) is 0 Å². The largest absolute Gasteiger partial charge is 0.454 e. The molecule has 1 aliphatic heterocycles. The van der Waals surface area contributed by atoms with Gasteiger partial charge in [-0.1, -0.05) is 42.0 Å². The van der Waals surface area contributed by atoms with E-state index in [-0.39, 0.29) is 18.9 Å². The van der Waals surface area contributed by atoms with Crippen molar-refractivity contribution in [1.29, 1.82) is 0 Å². The van der Waals surface area contributed by atoms with Crippen molar-refractivity contribution < 1.29 is 19.0 Å². The van der Waals surface area contributed by atoms with Gasteiger partial charge in [0.2, 0.25) is 6.79 Å². The van der Waals surface area contributed by atoms with Crippen molar-refractivity contribution >= 4 is 5.97 Å². The fraction of sp³-hybridized carbons (Fsp3) is 0.318. The van der Waals surface area contributed by atoms with Gasteiger partial charge >= 0.3 is 5.97 Å². The third-order valence-corrected chi connectivity index (χ3v) is 4.21. The molecule has 3 rings (SSSR count). The van der Waals surface area contributed by atoms with Crippen LogP contribution in [0.2, 0.25) is 0 Å². The Morgan fingerprint density at radius 1 is 1.12 bits per heavy atom. The zero-order valence-corrected chi connectivity index (χ0v) is 15.2. The average molecular weight is 352 g/mol. The summed E-state index contributed by atoms with van der Waals surface area (Å²) in [6, 6.07) is 16.0. The molecule has 0 aromatic heterocycles. The van der Waals surface area contributed by atoms with Crippen molar-refractivity contribution in [2.75, 3.05) is 6.79 Å². The fourth-order valence-electron chi connectivity index (χ4n) is 2.95. The van der Waals surface area contributed by atoms with E-state index in [1.165, 1.54) is 11.6 Å². The lowest BCUT2D eigenvalue weighted by Crippen LogP contribution is -2.10. The fourth-order valence-corrected chi connectivity index (χ4v) is 2.95. The smallest absolute Gasteiger partial charge is 0.331 e. The van der Waals surface area contributed by atoms with Crippen LogP contribution in [0.1, 0.15) is 43.9 Å². The maximum Gasteiger partial charge on any atom is 0.331 e. The third kappa shape index (κ3) is 4.88. The van der Waals surface area contributed by atoms with Crippen LogP contribution < -0.4 is 9.47 Å². The molecule has 26 heavy (non-hydrogen) atoms. The van der Waals surface area contributed by atoms with Crippen LogP contribution in [0, 0.1) is 0 Å². The van der Waals surface area contributed by atoms with E-state index in [4.69, 9.17) is 14.2 Å². The highest BCUT2D eigenvalue weighted by molar-refractivity contribution is 5.82. The number of fused-ring (bicyclic) bond motifs is 1. The van der Waals surface area contributed by atoms with Crippen molar-refractivity contribution in [1.82, 2.24) is 0 Å². The third-order valence-electron chi connectivity index (χ3n) is 4.21. The molecule has 4 nitrogen and oxygen atoms in total. The minimum absolute atomic E-state index is 0.231. The van der Waals surface area contributed by atoms with Crippen LogP contribution >= 0.6 is 0 Å². The van der Waals surface area contributed by atoms with Crippen molar-refractivity contribution in [3.63, 3.8) is 0 Å². The van der Waals surface area contributed by atoms with E-state index in [0.29, 0.717) is 5.75 Å². The quantitative estimate of drug-likeness (QED) is 0.520. The predicted octanol–water partition coefficient (Wildman–Crippen LogP) is 4.99. The molecule has 0 radical (unpaired) electrons. The van der Waals surface area contributed by atoms with Gasteiger partial charge in [-0.2, -0.15) is 0 Å². The van der Waals surface area contributed by atoms with Crippen LogP contribution in [0.4, 0.5) is 0 Å². The monoisotopic (exact) mass is 352 g/mol. The van der Waals surface area contributed by atoms with Gasteiger partial charge in [-0.05, 0) is 56.4 Å². The first kappa shape index (κ1) is 18.1. The lowest BCUT2D eigenvalue weighted by atomic mass is 10.0. The topological polar surface area (TPSA) is 44.8 Å². The van der Waals surface area contributed by atoms with E-state index in [9.17, 15) is 4.79 Å². The van der Waals surface area contributed by atoms with Crippen LogP contribution in [0.25, 0.3) is 0 Å². The molecule has 4 heteroatoms. The number of allylic oxidation sites excluding steroid dienone is 1. The Morgan fingerprint density at radius 2 is 1.88 bits per heavy atom. The van der Waals surface area contributed by atoms with E-state index < -0.39 is 0 Å². The van der Waals surface area contributed by atoms with Gasteiger partial charge in [0.1, 0.15) is 6.10 Å². The molecule has 0 fully saturated rings. The maximum absolute atomic E-state index is 12.1. The minimum Gasteiger partial charge on any atom is -0.454 e. The van der Waals surface area contributed by atoms with E-state index in [2.05, 4.69) is 12.1 Å². The number of esters is 1. The van der Waals surface area contributed by atoms with Crippen molar-refractivity contribution in [3.8, 4) is 11.5 Å². The first-order chi connectivity index (χ1) is 12.6. The number of rotatable bonds is 7. The van der Waals surface area contributed by atoms with Crippen molar-refractivity contribution in [2.45, 2.75) is 39.2 Å². The van der Waals surface area contributed by atoms with Gasteiger partial charge in [0, 0.05) is 6.08 Å². The van der Waals surface area contributed by atoms with Crippen LogP contribution in [0.5, 0.6) is 11.5 Å². The number of hydrogen-bond acceptors (Lipinski definition) is 4. The van der Waals surface area contributed by atoms with E-state index >= 15 is 0 Å². The Kier molecular flexibility index (Phi) is 5.95. The highest BCUT2D eigenvalue weighted by atomic mass is 16.7. The number of hydrogen-bond donors (Lipinski definition) is 0. The Bertz CT molecular complexity index is 776. The molecular formula is C22H24O4. The van der Waals surface area contributed by atoms with E-state index in [0.717, 1.165) is 36.1 Å². The Labute approximate surface area is 154 Å². The summed E-state index contributed by atoms with van der Waals surface area (Å²) in [4.78, 5) is 12.1. The second kappa shape index (κ2) is 8.56. The standard InChI is InChI=1S/C22H24O4/c1-16(2)13-22(23)26-19(10-6-9-17-7-4-3-5-8-17)18-11-12-20-21(14-18)25-15-24-20/h3-5,7-8,11-14,19H,6,9-10,15H2,1-2H3/t19-/m1/s1. The first-order valence-electron chi connectivity index (χ1n) is 8.91. The molecule has 2 aromatic carbocycles. The summed E-state index contributed by atoms with van der Waals surface area (Å²) in [7, 11) is 0. The van der Waals surface area contributed by atoms with Gasteiger partial charge in [0.25, 0.3) is 0 Å². The molecule has 0 saturated heterocycles. The lowest BCUT2D eigenvalue weighted by molar-refractivity contribution is -0.143. The normalized spacial score (nSPS) is 13.2. The molecule has 0 N–H and O–H groups in total. The molecular weight excluding hydrogens is 328 g/mol. The van der Waals surface area contributed by atoms with Gasteiger partial charge in [-0.15, -0.1) is 0 Å². The van der Waals surface area contributed by atoms with E-state index in [1.807, 2.05) is 50.2 Å². The molecule has 0 bridgehead atoms. The molecule has 0 amide bonds. The van der Waals surface area contributed by atoms with Gasteiger partial charge in [-0.3, -0.25) is 0 Å². The number of aryl methyl sites for hydroxylation is 1. The summed E-state index contributed by atoms with van der Waals surface area (Å²) in [6.07, 6.45) is 3.83. The van der Waals surface area contributed by atoms with Crippen LogP contribution in [-0.2, 0) is 16.0 Å². The highest BCUT2D eigenvalue weighted by Crippen LogP contribution is 2.36. The predicted molar refractivity (Wildman–Crippen MR) is 100 cm³/mol. The van der Waals surface area contributed by atoms with E-state index in [1.54, 1.807) is 0 Å². The van der Waals surface area contributed by atoms with Gasteiger partial charge in [0.15, 0.2) is 11.5 Å². The lowest BCUT2D eigenvalue weighted by Gasteiger charge is -2.18. The minimum atomic E-state index is -0.313. The summed E-state index contributed by atoms with van der Waals surface area (Å²) >= 11 is 0. The Morgan fingerprint density at radius 3 is 2.65 bits per heavy atom. The average Bonchev–Trinajstić information content (AvgIpc) is 3.09. The zero-order valence-electron chi connectivity index (χ0n) is 15.2. The van der Waals surface area contributed by atoms with Crippen molar-refractivity contribution in [3.05, 3.63) is 71.3 Å². The molecule has 0 spiro atoms. The molecule has 1 heterocycles. The van der Waals surface area contributed by atoms with Crippen molar-refractivity contribution in [2.24, 2.45) is 0 Å². The number of carbonyl (C=O) groups is 1.